The second-order valence-electron chi connectivity index (χ2n) is 6.77. The number of ether oxygens (including phenoxy) is 1. The molecule has 1 saturated carbocycles. The molecule has 0 spiro atoms. The van der Waals surface area contributed by atoms with E-state index in [4.69, 9.17) is 16.3 Å². The maximum atomic E-state index is 12.5. The number of amides is 1. The Hall–Kier alpha value is -2.63. The monoisotopic (exact) mass is 381 g/mol. The first kappa shape index (κ1) is 17.8. The molecule has 4 rings (SSSR count). The third-order valence-electron chi connectivity index (χ3n) is 4.42. The van der Waals surface area contributed by atoms with Gasteiger partial charge in [-0.1, -0.05) is 29.8 Å². The van der Waals surface area contributed by atoms with Crippen molar-refractivity contribution in [2.24, 2.45) is 5.92 Å². The molecule has 0 bridgehead atoms. The third kappa shape index (κ3) is 4.76. The van der Waals surface area contributed by atoms with Crippen LogP contribution < -0.4 is 5.32 Å². The lowest BCUT2D eigenvalue weighted by Gasteiger charge is -2.07. The number of carbonyl (C=O) groups is 1. The van der Waals surface area contributed by atoms with E-state index >= 15 is 0 Å². The highest BCUT2D eigenvalue weighted by Gasteiger charge is 2.21. The van der Waals surface area contributed by atoms with Crippen LogP contribution >= 0.6 is 11.6 Å². The predicted octanol–water partition coefficient (Wildman–Crippen LogP) is 4.70. The summed E-state index contributed by atoms with van der Waals surface area (Å²) in [5.41, 5.74) is 3.06. The average molecular weight is 382 g/mol. The van der Waals surface area contributed by atoms with Crippen LogP contribution in [0.3, 0.4) is 0 Å². The fraction of sp³-hybridized carbons (Fsp3) is 0.238. The van der Waals surface area contributed by atoms with E-state index in [9.17, 15) is 4.79 Å². The summed E-state index contributed by atoms with van der Waals surface area (Å²) in [6.07, 6.45) is 5.78. The number of nitrogens with zero attached hydrogens (tertiary/aromatic N) is 2. The predicted molar refractivity (Wildman–Crippen MR) is 105 cm³/mol. The lowest BCUT2D eigenvalue weighted by Crippen LogP contribution is -2.11. The normalized spacial score (nSPS) is 13.5. The number of halogens is 1. The van der Waals surface area contributed by atoms with Crippen LogP contribution in [0.25, 0.3) is 5.69 Å². The summed E-state index contributed by atoms with van der Waals surface area (Å²) in [7, 11) is 0. The second-order valence-corrected chi connectivity index (χ2v) is 7.20. The smallest absolute Gasteiger partial charge is 0.258 e. The van der Waals surface area contributed by atoms with Gasteiger partial charge in [-0.05, 0) is 54.7 Å². The van der Waals surface area contributed by atoms with Gasteiger partial charge in [-0.2, -0.15) is 5.10 Å². The molecule has 0 aliphatic heterocycles. The van der Waals surface area contributed by atoms with Crippen LogP contribution in [0.5, 0.6) is 0 Å². The van der Waals surface area contributed by atoms with E-state index in [0.717, 1.165) is 29.5 Å². The largest absolute Gasteiger partial charge is 0.376 e. The van der Waals surface area contributed by atoms with E-state index in [1.54, 1.807) is 29.2 Å². The Morgan fingerprint density at radius 3 is 2.89 bits per heavy atom. The molecule has 6 heteroatoms. The van der Waals surface area contributed by atoms with Crippen molar-refractivity contribution in [1.29, 1.82) is 0 Å². The van der Waals surface area contributed by atoms with Crippen molar-refractivity contribution >= 4 is 23.2 Å². The summed E-state index contributed by atoms with van der Waals surface area (Å²) in [4.78, 5) is 12.5. The lowest BCUT2D eigenvalue weighted by atomic mass is 10.2. The fourth-order valence-electron chi connectivity index (χ4n) is 2.77. The summed E-state index contributed by atoms with van der Waals surface area (Å²) < 4.78 is 7.34. The molecule has 1 aliphatic carbocycles. The number of anilines is 1. The minimum Gasteiger partial charge on any atom is -0.376 e. The van der Waals surface area contributed by atoms with Crippen LogP contribution in [0.1, 0.15) is 28.8 Å². The molecule has 0 unspecified atom stereocenters. The molecule has 1 aromatic heterocycles. The van der Waals surface area contributed by atoms with E-state index in [1.807, 2.05) is 36.4 Å². The molecule has 5 nitrogen and oxygen atoms in total. The molecule has 0 atom stereocenters. The van der Waals surface area contributed by atoms with Gasteiger partial charge >= 0.3 is 0 Å². The molecule has 1 N–H and O–H groups in total. The highest BCUT2D eigenvalue weighted by molar-refractivity contribution is 6.30. The van der Waals surface area contributed by atoms with Crippen molar-refractivity contribution in [3.05, 3.63) is 77.1 Å². The Morgan fingerprint density at radius 1 is 1.22 bits per heavy atom. The standard InChI is InChI=1S/C21H20ClN3O2/c22-18-4-2-6-20(10-18)25-12-17(11-23-25)21(26)24-19-5-1-3-16(9-19)14-27-13-15-7-8-15/h1-6,9-12,15H,7-8,13-14H2,(H,24,26). The van der Waals surface area contributed by atoms with Crippen molar-refractivity contribution in [3.63, 3.8) is 0 Å². The SMILES string of the molecule is O=C(Nc1cccc(COCC2CC2)c1)c1cnn(-c2cccc(Cl)c2)c1. The molecule has 0 saturated heterocycles. The molecular formula is C21H20ClN3O2. The maximum Gasteiger partial charge on any atom is 0.258 e. The summed E-state index contributed by atoms with van der Waals surface area (Å²) in [6, 6.07) is 15.0. The minimum atomic E-state index is -0.209. The van der Waals surface area contributed by atoms with Crippen molar-refractivity contribution in [2.75, 3.05) is 11.9 Å². The third-order valence-corrected chi connectivity index (χ3v) is 4.66. The van der Waals surface area contributed by atoms with E-state index in [0.29, 0.717) is 17.2 Å². The van der Waals surface area contributed by atoms with Gasteiger partial charge in [0.1, 0.15) is 0 Å². The number of hydrogen-bond donors (Lipinski definition) is 1. The van der Waals surface area contributed by atoms with E-state index in [2.05, 4.69) is 10.4 Å². The number of benzene rings is 2. The molecule has 1 amide bonds. The topological polar surface area (TPSA) is 56.1 Å². The number of carbonyl (C=O) groups excluding carboxylic acids is 1. The van der Waals surface area contributed by atoms with Gasteiger partial charge in [-0.15, -0.1) is 0 Å². The van der Waals surface area contributed by atoms with Crippen LogP contribution in [0.4, 0.5) is 5.69 Å². The molecule has 1 aliphatic rings. The lowest BCUT2D eigenvalue weighted by molar-refractivity contribution is 0.102. The zero-order valence-electron chi connectivity index (χ0n) is 14.8. The maximum absolute atomic E-state index is 12.5. The number of hydrogen-bond acceptors (Lipinski definition) is 3. The van der Waals surface area contributed by atoms with Gasteiger partial charge in [-0.25, -0.2) is 4.68 Å². The number of rotatable bonds is 7. The minimum absolute atomic E-state index is 0.209. The van der Waals surface area contributed by atoms with Gasteiger partial charge < -0.3 is 10.1 Å². The van der Waals surface area contributed by atoms with Crippen LogP contribution in [-0.2, 0) is 11.3 Å². The molecule has 27 heavy (non-hydrogen) atoms. The average Bonchev–Trinajstić information content (AvgIpc) is 3.34. The van der Waals surface area contributed by atoms with Crippen LogP contribution in [0, 0.1) is 5.92 Å². The van der Waals surface area contributed by atoms with E-state index in [-0.39, 0.29) is 5.91 Å². The van der Waals surface area contributed by atoms with Gasteiger partial charge in [0.25, 0.3) is 5.91 Å². The quantitative estimate of drug-likeness (QED) is 0.645. The molecule has 0 radical (unpaired) electrons. The summed E-state index contributed by atoms with van der Waals surface area (Å²) in [6.45, 7) is 1.38. The van der Waals surface area contributed by atoms with Gasteiger partial charge in [-0.3, -0.25) is 4.79 Å². The van der Waals surface area contributed by atoms with Gasteiger partial charge in [0.2, 0.25) is 0 Å². The Balaban J connectivity index is 1.40. The first-order valence-electron chi connectivity index (χ1n) is 8.96. The van der Waals surface area contributed by atoms with E-state index < -0.39 is 0 Å². The van der Waals surface area contributed by atoms with Gasteiger partial charge in [0.15, 0.2) is 0 Å². The highest BCUT2D eigenvalue weighted by atomic mass is 35.5. The van der Waals surface area contributed by atoms with Crippen molar-refractivity contribution in [1.82, 2.24) is 9.78 Å². The van der Waals surface area contributed by atoms with Crippen LogP contribution in [0.2, 0.25) is 5.02 Å². The Morgan fingerprint density at radius 2 is 2.07 bits per heavy atom. The Labute approximate surface area is 162 Å². The molecule has 2 aromatic carbocycles. The zero-order valence-corrected chi connectivity index (χ0v) is 15.5. The van der Waals surface area contributed by atoms with Crippen molar-refractivity contribution in [3.8, 4) is 5.69 Å². The molecule has 1 heterocycles. The highest BCUT2D eigenvalue weighted by Crippen LogP contribution is 2.29. The van der Waals surface area contributed by atoms with E-state index in [1.165, 1.54) is 12.8 Å². The Kier molecular flexibility index (Phi) is 5.23. The molecule has 3 aromatic rings. The first-order valence-corrected chi connectivity index (χ1v) is 9.34. The second kappa shape index (κ2) is 7.94. The zero-order chi connectivity index (χ0) is 18.6. The van der Waals surface area contributed by atoms with Crippen LogP contribution in [0.15, 0.2) is 60.9 Å². The summed E-state index contributed by atoms with van der Waals surface area (Å²) >= 11 is 6.01. The molecule has 1 fully saturated rings. The first-order chi connectivity index (χ1) is 13.2. The summed E-state index contributed by atoms with van der Waals surface area (Å²) in [5.74, 6) is 0.531. The molecule has 138 valence electrons. The number of nitrogens with one attached hydrogen (secondary N) is 1. The van der Waals surface area contributed by atoms with Gasteiger partial charge in [0, 0.05) is 23.5 Å². The van der Waals surface area contributed by atoms with Crippen LogP contribution in [-0.4, -0.2) is 22.3 Å². The van der Waals surface area contributed by atoms with Crippen molar-refractivity contribution in [2.45, 2.75) is 19.4 Å². The fourth-order valence-corrected chi connectivity index (χ4v) is 2.95. The summed E-state index contributed by atoms with van der Waals surface area (Å²) in [5, 5.41) is 7.78. The van der Waals surface area contributed by atoms with Crippen molar-refractivity contribution < 1.29 is 9.53 Å². The number of aromatic nitrogens is 2. The molecular weight excluding hydrogens is 362 g/mol. The Bertz CT molecular complexity index is 950. The van der Waals surface area contributed by atoms with Gasteiger partial charge in [0.05, 0.1) is 24.1 Å².